The highest BCUT2D eigenvalue weighted by Gasteiger charge is 2.14. The van der Waals surface area contributed by atoms with Crippen LogP contribution in [0.4, 0.5) is 5.69 Å². The standard InChI is InChI=1S/C14H10BrNO4/c1-9(17)20-14-7-6-12(16(18)19)8-13(14)10-2-4-11(15)5-3-10/h2-8H,1H3. The Morgan fingerprint density at radius 3 is 2.40 bits per heavy atom. The van der Waals surface area contributed by atoms with Gasteiger partial charge >= 0.3 is 5.97 Å². The molecule has 0 radical (unpaired) electrons. The molecular formula is C14H10BrNO4. The minimum Gasteiger partial charge on any atom is -0.426 e. The summed E-state index contributed by atoms with van der Waals surface area (Å²) in [7, 11) is 0. The van der Waals surface area contributed by atoms with E-state index in [1.807, 2.05) is 12.1 Å². The fraction of sp³-hybridized carbons (Fsp3) is 0.0714. The molecule has 0 fully saturated rings. The first kappa shape index (κ1) is 14.2. The van der Waals surface area contributed by atoms with E-state index in [1.54, 1.807) is 12.1 Å². The number of ether oxygens (including phenoxy) is 1. The summed E-state index contributed by atoms with van der Waals surface area (Å²) in [5.41, 5.74) is 1.17. The Morgan fingerprint density at radius 2 is 1.85 bits per heavy atom. The molecule has 0 aliphatic carbocycles. The summed E-state index contributed by atoms with van der Waals surface area (Å²) in [6, 6.07) is 11.3. The molecule has 5 nitrogen and oxygen atoms in total. The average molecular weight is 336 g/mol. The zero-order valence-electron chi connectivity index (χ0n) is 10.5. The normalized spacial score (nSPS) is 10.1. The van der Waals surface area contributed by atoms with Crippen molar-refractivity contribution in [3.8, 4) is 16.9 Å². The lowest BCUT2D eigenvalue weighted by Gasteiger charge is -2.09. The molecular weight excluding hydrogens is 326 g/mol. The van der Waals surface area contributed by atoms with Crippen molar-refractivity contribution in [2.24, 2.45) is 0 Å². The Bertz CT molecular complexity index is 667. The second-order valence-electron chi connectivity index (χ2n) is 4.04. The van der Waals surface area contributed by atoms with Crippen LogP contribution in [0.3, 0.4) is 0 Å². The molecule has 2 aromatic rings. The summed E-state index contributed by atoms with van der Waals surface area (Å²) in [6.07, 6.45) is 0. The first-order chi connectivity index (χ1) is 9.47. The third-order valence-electron chi connectivity index (χ3n) is 2.58. The van der Waals surface area contributed by atoms with Crippen LogP contribution in [0.15, 0.2) is 46.9 Å². The van der Waals surface area contributed by atoms with Crippen LogP contribution in [-0.2, 0) is 4.79 Å². The van der Waals surface area contributed by atoms with Gasteiger partial charge in [0, 0.05) is 29.1 Å². The van der Waals surface area contributed by atoms with Gasteiger partial charge in [0.05, 0.1) is 4.92 Å². The second-order valence-corrected chi connectivity index (χ2v) is 4.95. The smallest absolute Gasteiger partial charge is 0.308 e. The predicted octanol–water partition coefficient (Wildman–Crippen LogP) is 3.95. The predicted molar refractivity (Wildman–Crippen MR) is 77.5 cm³/mol. The summed E-state index contributed by atoms with van der Waals surface area (Å²) in [5.74, 6) is -0.178. The summed E-state index contributed by atoms with van der Waals surface area (Å²) >= 11 is 3.32. The maximum Gasteiger partial charge on any atom is 0.308 e. The topological polar surface area (TPSA) is 69.4 Å². The number of rotatable bonds is 3. The lowest BCUT2D eigenvalue weighted by molar-refractivity contribution is -0.384. The van der Waals surface area contributed by atoms with Crippen molar-refractivity contribution in [1.82, 2.24) is 0 Å². The molecule has 0 aliphatic rings. The molecule has 6 heteroatoms. The molecule has 0 saturated heterocycles. The number of carbonyl (C=O) groups is 1. The van der Waals surface area contributed by atoms with Gasteiger partial charge in [0.15, 0.2) is 0 Å². The highest BCUT2D eigenvalue weighted by atomic mass is 79.9. The minimum atomic E-state index is -0.486. The highest BCUT2D eigenvalue weighted by Crippen LogP contribution is 2.34. The van der Waals surface area contributed by atoms with Crippen molar-refractivity contribution >= 4 is 27.6 Å². The van der Waals surface area contributed by atoms with Gasteiger partial charge in [-0.2, -0.15) is 0 Å². The first-order valence-electron chi connectivity index (χ1n) is 5.70. The molecule has 0 aliphatic heterocycles. The van der Waals surface area contributed by atoms with E-state index in [4.69, 9.17) is 4.74 Å². The third-order valence-corrected chi connectivity index (χ3v) is 3.11. The number of hydrogen-bond donors (Lipinski definition) is 0. The fourth-order valence-electron chi connectivity index (χ4n) is 1.73. The van der Waals surface area contributed by atoms with E-state index in [0.29, 0.717) is 11.3 Å². The quantitative estimate of drug-likeness (QED) is 0.368. The summed E-state index contributed by atoms with van der Waals surface area (Å²) in [6.45, 7) is 1.28. The minimum absolute atomic E-state index is 0.0566. The Hall–Kier alpha value is -2.21. The molecule has 0 bridgehead atoms. The van der Waals surface area contributed by atoms with Crippen molar-refractivity contribution in [1.29, 1.82) is 0 Å². The second kappa shape index (κ2) is 5.83. The zero-order chi connectivity index (χ0) is 14.7. The van der Waals surface area contributed by atoms with E-state index in [1.165, 1.54) is 25.1 Å². The van der Waals surface area contributed by atoms with Crippen LogP contribution >= 0.6 is 15.9 Å². The Labute approximate surface area is 123 Å². The molecule has 0 N–H and O–H groups in total. The fourth-order valence-corrected chi connectivity index (χ4v) is 1.99. The van der Waals surface area contributed by atoms with Gasteiger partial charge in [0.1, 0.15) is 5.75 Å². The molecule has 2 aromatic carbocycles. The van der Waals surface area contributed by atoms with Gasteiger partial charge in [-0.3, -0.25) is 14.9 Å². The number of carbonyl (C=O) groups excluding carboxylic acids is 1. The lowest BCUT2D eigenvalue weighted by atomic mass is 10.0. The molecule has 0 saturated carbocycles. The molecule has 0 spiro atoms. The van der Waals surface area contributed by atoms with Crippen molar-refractivity contribution in [3.05, 3.63) is 57.1 Å². The monoisotopic (exact) mass is 335 g/mol. The summed E-state index contributed by atoms with van der Waals surface area (Å²) < 4.78 is 5.98. The summed E-state index contributed by atoms with van der Waals surface area (Å²) in [4.78, 5) is 21.5. The zero-order valence-corrected chi connectivity index (χ0v) is 12.1. The molecule has 0 amide bonds. The molecule has 0 unspecified atom stereocenters. The average Bonchev–Trinajstić information content (AvgIpc) is 2.39. The van der Waals surface area contributed by atoms with E-state index in [2.05, 4.69) is 15.9 Å². The van der Waals surface area contributed by atoms with Crippen LogP contribution in [0, 0.1) is 10.1 Å². The SMILES string of the molecule is CC(=O)Oc1ccc([N+](=O)[O-])cc1-c1ccc(Br)cc1. The maximum atomic E-state index is 11.1. The molecule has 20 heavy (non-hydrogen) atoms. The van der Waals surface area contributed by atoms with Gasteiger partial charge in [-0.05, 0) is 23.8 Å². The lowest BCUT2D eigenvalue weighted by Crippen LogP contribution is -2.03. The van der Waals surface area contributed by atoms with Crippen molar-refractivity contribution in [3.63, 3.8) is 0 Å². The molecule has 102 valence electrons. The van der Waals surface area contributed by atoms with E-state index in [-0.39, 0.29) is 5.69 Å². The Balaban J connectivity index is 2.56. The van der Waals surface area contributed by atoms with Crippen LogP contribution in [0.2, 0.25) is 0 Å². The number of nitro groups is 1. The number of hydrogen-bond acceptors (Lipinski definition) is 4. The van der Waals surface area contributed by atoms with Gasteiger partial charge in [-0.1, -0.05) is 28.1 Å². The van der Waals surface area contributed by atoms with E-state index in [0.717, 1.165) is 10.0 Å². The number of non-ortho nitro benzene ring substituents is 1. The summed E-state index contributed by atoms with van der Waals surface area (Å²) in [5, 5.41) is 10.9. The van der Waals surface area contributed by atoms with Crippen LogP contribution in [0.25, 0.3) is 11.1 Å². The third kappa shape index (κ3) is 3.21. The van der Waals surface area contributed by atoms with E-state index >= 15 is 0 Å². The van der Waals surface area contributed by atoms with Gasteiger partial charge in [0.2, 0.25) is 0 Å². The number of esters is 1. The molecule has 0 aromatic heterocycles. The molecule has 0 heterocycles. The van der Waals surface area contributed by atoms with E-state index in [9.17, 15) is 14.9 Å². The largest absolute Gasteiger partial charge is 0.426 e. The molecule has 2 rings (SSSR count). The van der Waals surface area contributed by atoms with Crippen LogP contribution < -0.4 is 4.74 Å². The van der Waals surface area contributed by atoms with Gasteiger partial charge in [-0.15, -0.1) is 0 Å². The van der Waals surface area contributed by atoms with Crippen LogP contribution in [0.1, 0.15) is 6.92 Å². The number of nitrogens with zero attached hydrogens (tertiary/aromatic N) is 1. The molecule has 0 atom stereocenters. The first-order valence-corrected chi connectivity index (χ1v) is 6.49. The van der Waals surface area contributed by atoms with Crippen LogP contribution in [-0.4, -0.2) is 10.9 Å². The number of benzene rings is 2. The Morgan fingerprint density at radius 1 is 1.20 bits per heavy atom. The highest BCUT2D eigenvalue weighted by molar-refractivity contribution is 9.10. The van der Waals surface area contributed by atoms with Crippen molar-refractivity contribution in [2.75, 3.05) is 0 Å². The van der Waals surface area contributed by atoms with Gasteiger partial charge < -0.3 is 4.74 Å². The Kier molecular flexibility index (Phi) is 4.14. The van der Waals surface area contributed by atoms with Gasteiger partial charge in [0.25, 0.3) is 5.69 Å². The maximum absolute atomic E-state index is 11.1. The van der Waals surface area contributed by atoms with Crippen molar-refractivity contribution in [2.45, 2.75) is 6.92 Å². The number of nitro benzene ring substituents is 1. The number of halogens is 1. The van der Waals surface area contributed by atoms with Gasteiger partial charge in [-0.25, -0.2) is 0 Å². The van der Waals surface area contributed by atoms with Crippen molar-refractivity contribution < 1.29 is 14.5 Å². The van der Waals surface area contributed by atoms with Crippen LogP contribution in [0.5, 0.6) is 5.75 Å². The van der Waals surface area contributed by atoms with E-state index < -0.39 is 10.9 Å².